The molecule has 4 nitrogen and oxygen atoms in total. The summed E-state index contributed by atoms with van der Waals surface area (Å²) in [5, 5.41) is 21.4. The van der Waals surface area contributed by atoms with Crippen LogP contribution in [0.1, 0.15) is 30.6 Å². The first-order chi connectivity index (χ1) is 8.45. The summed E-state index contributed by atoms with van der Waals surface area (Å²) in [6.07, 6.45) is 0.498. The molecule has 5 heteroatoms. The second-order valence-corrected chi connectivity index (χ2v) is 5.41. The van der Waals surface area contributed by atoms with E-state index in [1.54, 1.807) is 12.1 Å². The third kappa shape index (κ3) is 3.99. The third-order valence-electron chi connectivity index (χ3n) is 2.76. The molecule has 0 aliphatic carbocycles. The van der Waals surface area contributed by atoms with Gasteiger partial charge < -0.3 is 15.5 Å². The van der Waals surface area contributed by atoms with Gasteiger partial charge in [0.1, 0.15) is 5.75 Å². The lowest BCUT2D eigenvalue weighted by molar-refractivity contribution is 0.0914. The molecule has 1 aromatic carbocycles. The second-order valence-electron chi connectivity index (χ2n) is 4.50. The SMILES string of the molecule is CC(C)C(CCO)NC(=O)c1cc(Br)ccc1O. The summed E-state index contributed by atoms with van der Waals surface area (Å²) in [7, 11) is 0. The minimum absolute atomic E-state index is 0.0214. The molecule has 1 atom stereocenters. The number of halogens is 1. The van der Waals surface area contributed by atoms with Crippen molar-refractivity contribution in [3.8, 4) is 5.75 Å². The van der Waals surface area contributed by atoms with Crippen molar-refractivity contribution in [1.82, 2.24) is 5.32 Å². The molecule has 0 radical (unpaired) electrons. The molecule has 0 bridgehead atoms. The Kier molecular flexibility index (Phi) is 5.62. The van der Waals surface area contributed by atoms with E-state index in [1.165, 1.54) is 6.07 Å². The van der Waals surface area contributed by atoms with Gasteiger partial charge >= 0.3 is 0 Å². The van der Waals surface area contributed by atoms with E-state index >= 15 is 0 Å². The quantitative estimate of drug-likeness (QED) is 0.781. The second kappa shape index (κ2) is 6.75. The minimum Gasteiger partial charge on any atom is -0.507 e. The lowest BCUT2D eigenvalue weighted by Crippen LogP contribution is -2.39. The van der Waals surface area contributed by atoms with Crippen LogP contribution in [0.15, 0.2) is 22.7 Å². The first-order valence-corrected chi connectivity index (χ1v) is 6.65. The van der Waals surface area contributed by atoms with Crippen molar-refractivity contribution in [3.63, 3.8) is 0 Å². The molecule has 1 unspecified atom stereocenters. The average molecular weight is 316 g/mol. The number of nitrogens with one attached hydrogen (secondary N) is 1. The maximum atomic E-state index is 12.0. The first-order valence-electron chi connectivity index (χ1n) is 5.86. The molecule has 100 valence electrons. The highest BCUT2D eigenvalue weighted by atomic mass is 79.9. The van der Waals surface area contributed by atoms with Crippen molar-refractivity contribution in [2.24, 2.45) is 5.92 Å². The molecule has 0 aromatic heterocycles. The van der Waals surface area contributed by atoms with E-state index < -0.39 is 0 Å². The van der Waals surface area contributed by atoms with Gasteiger partial charge in [0.2, 0.25) is 0 Å². The molecular weight excluding hydrogens is 298 g/mol. The number of phenolic OH excluding ortho intramolecular Hbond substituents is 1. The van der Waals surface area contributed by atoms with Crippen molar-refractivity contribution in [2.45, 2.75) is 26.3 Å². The van der Waals surface area contributed by atoms with E-state index in [0.29, 0.717) is 6.42 Å². The number of hydrogen-bond acceptors (Lipinski definition) is 3. The van der Waals surface area contributed by atoms with Gasteiger partial charge in [0.05, 0.1) is 5.56 Å². The maximum absolute atomic E-state index is 12.0. The number of carbonyl (C=O) groups is 1. The summed E-state index contributed by atoms with van der Waals surface area (Å²) < 4.78 is 0.730. The Morgan fingerprint density at radius 2 is 2.11 bits per heavy atom. The Balaban J connectivity index is 2.83. The number of rotatable bonds is 5. The molecule has 0 aliphatic heterocycles. The Morgan fingerprint density at radius 1 is 1.44 bits per heavy atom. The maximum Gasteiger partial charge on any atom is 0.255 e. The molecule has 0 saturated heterocycles. The van der Waals surface area contributed by atoms with Gasteiger partial charge in [0.15, 0.2) is 0 Å². The van der Waals surface area contributed by atoms with Gasteiger partial charge in [0, 0.05) is 17.1 Å². The minimum atomic E-state index is -0.332. The molecule has 1 amide bonds. The van der Waals surface area contributed by atoms with Gasteiger partial charge in [-0.1, -0.05) is 29.8 Å². The molecule has 0 spiro atoms. The van der Waals surface area contributed by atoms with Crippen LogP contribution >= 0.6 is 15.9 Å². The van der Waals surface area contributed by atoms with Crippen molar-refractivity contribution in [3.05, 3.63) is 28.2 Å². The van der Waals surface area contributed by atoms with Crippen LogP contribution < -0.4 is 5.32 Å². The van der Waals surface area contributed by atoms with Crippen molar-refractivity contribution >= 4 is 21.8 Å². The zero-order chi connectivity index (χ0) is 13.7. The largest absolute Gasteiger partial charge is 0.507 e. The smallest absolute Gasteiger partial charge is 0.255 e. The zero-order valence-corrected chi connectivity index (χ0v) is 12.1. The summed E-state index contributed by atoms with van der Waals surface area (Å²) in [4.78, 5) is 12.0. The number of aliphatic hydroxyl groups excluding tert-OH is 1. The highest BCUT2D eigenvalue weighted by Crippen LogP contribution is 2.22. The van der Waals surface area contributed by atoms with Gasteiger partial charge in [-0.25, -0.2) is 0 Å². The summed E-state index contributed by atoms with van der Waals surface area (Å²) >= 11 is 3.26. The van der Waals surface area contributed by atoms with Crippen LogP contribution in [0.25, 0.3) is 0 Å². The number of aliphatic hydroxyl groups is 1. The molecule has 1 aromatic rings. The fourth-order valence-corrected chi connectivity index (χ4v) is 2.01. The van der Waals surface area contributed by atoms with Crippen LogP contribution in [-0.4, -0.2) is 28.8 Å². The molecule has 18 heavy (non-hydrogen) atoms. The third-order valence-corrected chi connectivity index (χ3v) is 3.26. The Bertz CT molecular complexity index is 421. The average Bonchev–Trinajstić information content (AvgIpc) is 2.31. The molecular formula is C13H18BrNO3. The monoisotopic (exact) mass is 315 g/mol. The summed E-state index contributed by atoms with van der Waals surface area (Å²) in [6.45, 7) is 3.97. The van der Waals surface area contributed by atoms with E-state index in [0.717, 1.165) is 4.47 Å². The van der Waals surface area contributed by atoms with Crippen LogP contribution in [-0.2, 0) is 0 Å². The van der Waals surface area contributed by atoms with Crippen molar-refractivity contribution < 1.29 is 15.0 Å². The van der Waals surface area contributed by atoms with E-state index in [1.807, 2.05) is 13.8 Å². The lowest BCUT2D eigenvalue weighted by Gasteiger charge is -2.21. The fraction of sp³-hybridized carbons (Fsp3) is 0.462. The van der Waals surface area contributed by atoms with E-state index in [4.69, 9.17) is 5.11 Å². The van der Waals surface area contributed by atoms with Crippen molar-refractivity contribution in [2.75, 3.05) is 6.61 Å². The predicted molar refractivity (Wildman–Crippen MR) is 73.6 cm³/mol. The van der Waals surface area contributed by atoms with Crippen molar-refractivity contribution in [1.29, 1.82) is 0 Å². The van der Waals surface area contributed by atoms with Crippen LogP contribution in [0.4, 0.5) is 0 Å². The standard InChI is InChI=1S/C13H18BrNO3/c1-8(2)11(5-6-16)15-13(18)10-7-9(14)3-4-12(10)17/h3-4,7-8,11,16-17H,5-6H2,1-2H3,(H,15,18). The van der Waals surface area contributed by atoms with E-state index in [9.17, 15) is 9.90 Å². The highest BCUT2D eigenvalue weighted by Gasteiger charge is 2.18. The number of aromatic hydroxyl groups is 1. The molecule has 3 N–H and O–H groups in total. The molecule has 0 heterocycles. The number of carbonyl (C=O) groups excluding carboxylic acids is 1. The van der Waals surface area contributed by atoms with Gasteiger partial charge in [-0.3, -0.25) is 4.79 Å². The first kappa shape index (κ1) is 15.0. The zero-order valence-electron chi connectivity index (χ0n) is 10.5. The van der Waals surface area contributed by atoms with Crippen LogP contribution in [0.5, 0.6) is 5.75 Å². The summed E-state index contributed by atoms with van der Waals surface area (Å²) in [5.41, 5.74) is 0.230. The highest BCUT2D eigenvalue weighted by molar-refractivity contribution is 9.10. The van der Waals surface area contributed by atoms with E-state index in [2.05, 4.69) is 21.2 Å². The van der Waals surface area contributed by atoms with Gasteiger partial charge in [-0.2, -0.15) is 0 Å². The summed E-state index contributed by atoms with van der Waals surface area (Å²) in [6, 6.07) is 4.59. The summed E-state index contributed by atoms with van der Waals surface area (Å²) in [5.74, 6) is -0.168. The molecule has 0 fully saturated rings. The Labute approximate surface area is 115 Å². The van der Waals surface area contributed by atoms with Gasteiger partial charge in [-0.15, -0.1) is 0 Å². The number of amides is 1. The number of benzene rings is 1. The Morgan fingerprint density at radius 3 is 2.67 bits per heavy atom. The fourth-order valence-electron chi connectivity index (χ4n) is 1.65. The lowest BCUT2D eigenvalue weighted by atomic mass is 10.0. The molecule has 1 rings (SSSR count). The van der Waals surface area contributed by atoms with Crippen LogP contribution in [0.2, 0.25) is 0 Å². The Hall–Kier alpha value is -1.07. The van der Waals surface area contributed by atoms with Crippen LogP contribution in [0, 0.1) is 5.92 Å². The number of hydrogen-bond donors (Lipinski definition) is 3. The van der Waals surface area contributed by atoms with Gasteiger partial charge in [0.25, 0.3) is 5.91 Å². The van der Waals surface area contributed by atoms with Crippen LogP contribution in [0.3, 0.4) is 0 Å². The number of phenols is 1. The normalized spacial score (nSPS) is 12.5. The molecule has 0 saturated carbocycles. The predicted octanol–water partition coefficient (Wildman–Crippen LogP) is 2.29. The topological polar surface area (TPSA) is 69.6 Å². The van der Waals surface area contributed by atoms with Gasteiger partial charge in [-0.05, 0) is 30.5 Å². The molecule has 0 aliphatic rings. The van der Waals surface area contributed by atoms with E-state index in [-0.39, 0.29) is 35.8 Å².